The highest BCUT2D eigenvalue weighted by molar-refractivity contribution is 6.33. The zero-order valence-corrected chi connectivity index (χ0v) is 28.8. The Morgan fingerprint density at radius 3 is 2.29 bits per heavy atom. The van der Waals surface area contributed by atoms with Crippen molar-refractivity contribution >= 4 is 28.4 Å². The first-order valence-electron chi connectivity index (χ1n) is 17.2. The standard InChI is InChI=1S/C38H39ClF6N4O2/c1-2-51-32-22-31-28(21-30(32)39)33(36(50)47-35(38(43,44)45)24-10-5-3-6-11-24)29(34(46-31)25-12-9-13-26(20-25)37(40,41)42)23-48-18-14-27(15-19-48)49-16-7-4-8-17-49/h3,5-6,9-13,20-22,27,35H,2,4,7-8,14-19,23H2,1H3,(H,47,50)/t35-/m1/s1. The number of nitrogens with one attached hydrogen (secondary N) is 1. The third kappa shape index (κ3) is 8.45. The predicted octanol–water partition coefficient (Wildman–Crippen LogP) is 9.46. The van der Waals surface area contributed by atoms with E-state index < -0.39 is 29.9 Å². The first-order valence-corrected chi connectivity index (χ1v) is 17.6. The van der Waals surface area contributed by atoms with Gasteiger partial charge in [-0.1, -0.05) is 60.5 Å². The summed E-state index contributed by atoms with van der Waals surface area (Å²) in [6, 6.07) is 12.5. The topological polar surface area (TPSA) is 57.7 Å². The Morgan fingerprint density at radius 2 is 1.65 bits per heavy atom. The lowest BCUT2D eigenvalue weighted by Crippen LogP contribution is -2.46. The summed E-state index contributed by atoms with van der Waals surface area (Å²) >= 11 is 6.59. The average Bonchev–Trinajstić information content (AvgIpc) is 3.11. The Morgan fingerprint density at radius 1 is 0.941 bits per heavy atom. The molecule has 2 aliphatic rings. The van der Waals surface area contributed by atoms with Crippen LogP contribution in [0, 0.1) is 0 Å². The van der Waals surface area contributed by atoms with Crippen molar-refractivity contribution in [1.82, 2.24) is 20.1 Å². The Kier molecular flexibility index (Phi) is 11.1. The van der Waals surface area contributed by atoms with Gasteiger partial charge in [0.25, 0.3) is 5.91 Å². The van der Waals surface area contributed by atoms with E-state index in [1.165, 1.54) is 55.0 Å². The quantitative estimate of drug-likeness (QED) is 0.174. The van der Waals surface area contributed by atoms with Crippen LogP contribution in [0.25, 0.3) is 22.2 Å². The van der Waals surface area contributed by atoms with Crippen LogP contribution >= 0.6 is 11.6 Å². The van der Waals surface area contributed by atoms with E-state index in [0.29, 0.717) is 19.1 Å². The lowest BCUT2D eigenvalue weighted by molar-refractivity contribution is -0.155. The average molecular weight is 733 g/mol. The van der Waals surface area contributed by atoms with Gasteiger partial charge in [0.15, 0.2) is 6.04 Å². The number of carbonyl (C=O) groups is 1. The zero-order valence-electron chi connectivity index (χ0n) is 28.1. The van der Waals surface area contributed by atoms with Crippen LogP contribution in [0.15, 0.2) is 66.7 Å². The van der Waals surface area contributed by atoms with E-state index in [9.17, 15) is 31.1 Å². The summed E-state index contributed by atoms with van der Waals surface area (Å²) in [4.78, 5) is 23.8. The number of aromatic nitrogens is 1. The van der Waals surface area contributed by atoms with Crippen molar-refractivity contribution in [3.8, 4) is 17.0 Å². The molecule has 6 rings (SSSR count). The number of hydrogen-bond donors (Lipinski definition) is 1. The van der Waals surface area contributed by atoms with Crippen LogP contribution in [0.4, 0.5) is 26.3 Å². The van der Waals surface area contributed by atoms with Gasteiger partial charge >= 0.3 is 12.4 Å². The number of rotatable bonds is 9. The van der Waals surface area contributed by atoms with Crippen molar-refractivity contribution in [2.24, 2.45) is 0 Å². The summed E-state index contributed by atoms with van der Waals surface area (Å²) in [6.45, 7) is 5.36. The molecule has 0 unspecified atom stereocenters. The van der Waals surface area contributed by atoms with E-state index in [1.54, 1.807) is 13.0 Å². The van der Waals surface area contributed by atoms with Crippen molar-refractivity contribution in [2.45, 2.75) is 70.0 Å². The fraction of sp³-hybridized carbons (Fsp3) is 0.421. The first-order chi connectivity index (χ1) is 24.3. The molecule has 1 amide bonds. The van der Waals surface area contributed by atoms with Crippen molar-refractivity contribution in [1.29, 1.82) is 0 Å². The molecule has 1 N–H and O–H groups in total. The number of fused-ring (bicyclic) bond motifs is 1. The second kappa shape index (κ2) is 15.4. The minimum Gasteiger partial charge on any atom is -0.492 e. The lowest BCUT2D eigenvalue weighted by Gasteiger charge is -2.40. The van der Waals surface area contributed by atoms with Crippen LogP contribution in [0.1, 0.15) is 72.1 Å². The monoisotopic (exact) mass is 732 g/mol. The van der Waals surface area contributed by atoms with Gasteiger partial charge in [0.05, 0.1) is 34.0 Å². The first kappa shape index (κ1) is 36.9. The van der Waals surface area contributed by atoms with Crippen LogP contribution in [-0.2, 0) is 12.7 Å². The summed E-state index contributed by atoms with van der Waals surface area (Å²) in [5.74, 6) is -0.842. The van der Waals surface area contributed by atoms with Crippen LogP contribution in [-0.4, -0.2) is 65.7 Å². The maximum atomic E-state index is 14.6. The number of hydrogen-bond acceptors (Lipinski definition) is 5. The van der Waals surface area contributed by atoms with Gasteiger partial charge in [0.1, 0.15) is 5.75 Å². The molecule has 51 heavy (non-hydrogen) atoms. The van der Waals surface area contributed by atoms with Crippen molar-refractivity contribution in [3.63, 3.8) is 0 Å². The van der Waals surface area contributed by atoms with Gasteiger partial charge in [0, 0.05) is 35.2 Å². The summed E-state index contributed by atoms with van der Waals surface area (Å²) in [7, 11) is 0. The molecule has 3 aromatic carbocycles. The molecular weight excluding hydrogens is 694 g/mol. The molecule has 0 bridgehead atoms. The molecular formula is C38H39ClF6N4O2. The molecule has 0 aliphatic carbocycles. The van der Waals surface area contributed by atoms with E-state index >= 15 is 0 Å². The largest absolute Gasteiger partial charge is 0.492 e. The summed E-state index contributed by atoms with van der Waals surface area (Å²) < 4.78 is 91.3. The number of alkyl halides is 6. The molecule has 1 atom stereocenters. The van der Waals surface area contributed by atoms with Gasteiger partial charge in [0.2, 0.25) is 0 Å². The van der Waals surface area contributed by atoms with Gasteiger partial charge in [-0.25, -0.2) is 4.98 Å². The number of amides is 1. The molecule has 2 aliphatic heterocycles. The number of benzene rings is 3. The molecule has 13 heteroatoms. The third-order valence-corrected chi connectivity index (χ3v) is 10.0. The van der Waals surface area contributed by atoms with Gasteiger partial charge in [-0.2, -0.15) is 26.3 Å². The zero-order chi connectivity index (χ0) is 36.3. The van der Waals surface area contributed by atoms with Crippen LogP contribution in [0.5, 0.6) is 5.75 Å². The van der Waals surface area contributed by atoms with E-state index in [1.807, 2.05) is 0 Å². The number of likely N-dealkylation sites (tertiary alicyclic amines) is 2. The lowest BCUT2D eigenvalue weighted by atomic mass is 9.93. The fourth-order valence-electron chi connectivity index (χ4n) is 7.22. The molecule has 0 spiro atoms. The van der Waals surface area contributed by atoms with Crippen LogP contribution < -0.4 is 10.1 Å². The van der Waals surface area contributed by atoms with Crippen molar-refractivity contribution in [2.75, 3.05) is 32.8 Å². The second-order valence-electron chi connectivity index (χ2n) is 13.1. The SMILES string of the molecule is CCOc1cc2nc(-c3cccc(C(F)(F)F)c3)c(CN3CCC(N4CCCCC4)CC3)c(C(=O)N[C@H](c3ccccc3)C(F)(F)F)c2cc1Cl. The summed E-state index contributed by atoms with van der Waals surface area (Å²) in [5, 5.41) is 2.48. The minimum atomic E-state index is -4.86. The Bertz CT molecular complexity index is 1840. The number of halogens is 7. The van der Waals surface area contributed by atoms with Gasteiger partial charge in [-0.3, -0.25) is 9.69 Å². The maximum absolute atomic E-state index is 14.6. The van der Waals surface area contributed by atoms with Gasteiger partial charge in [-0.15, -0.1) is 0 Å². The molecule has 3 heterocycles. The molecule has 6 nitrogen and oxygen atoms in total. The Hall–Kier alpha value is -3.87. The van der Waals surface area contributed by atoms with E-state index in [-0.39, 0.29) is 62.8 Å². The molecule has 0 radical (unpaired) electrons. The number of carbonyl (C=O) groups excluding carboxylic acids is 1. The van der Waals surface area contributed by atoms with Crippen molar-refractivity contribution < 1.29 is 35.9 Å². The molecule has 2 saturated heterocycles. The highest BCUT2D eigenvalue weighted by atomic mass is 35.5. The summed E-state index contributed by atoms with van der Waals surface area (Å²) in [5.41, 5.74) is -0.754. The maximum Gasteiger partial charge on any atom is 0.416 e. The third-order valence-electron chi connectivity index (χ3n) is 9.71. The van der Waals surface area contributed by atoms with E-state index in [0.717, 1.165) is 50.9 Å². The predicted molar refractivity (Wildman–Crippen MR) is 185 cm³/mol. The number of nitrogens with zero attached hydrogens (tertiary/aromatic N) is 3. The number of pyridine rings is 1. The highest BCUT2D eigenvalue weighted by Crippen LogP contribution is 2.40. The van der Waals surface area contributed by atoms with Crippen LogP contribution in [0.3, 0.4) is 0 Å². The van der Waals surface area contributed by atoms with Gasteiger partial charge in [-0.05, 0) is 82.5 Å². The fourth-order valence-corrected chi connectivity index (χ4v) is 7.44. The normalized spacial score (nSPS) is 17.4. The highest BCUT2D eigenvalue weighted by Gasteiger charge is 2.43. The molecule has 1 aromatic heterocycles. The minimum absolute atomic E-state index is 0.0601. The number of ether oxygens (including phenoxy) is 1. The van der Waals surface area contributed by atoms with Gasteiger partial charge < -0.3 is 15.0 Å². The molecule has 0 saturated carbocycles. The number of piperidine rings is 2. The van der Waals surface area contributed by atoms with Crippen LogP contribution in [0.2, 0.25) is 5.02 Å². The Balaban J connectivity index is 1.51. The Labute approximate surface area is 297 Å². The molecule has 4 aromatic rings. The van der Waals surface area contributed by atoms with E-state index in [4.69, 9.17) is 21.3 Å². The summed E-state index contributed by atoms with van der Waals surface area (Å²) in [6.07, 6.45) is -4.34. The van der Waals surface area contributed by atoms with Crippen molar-refractivity contribution in [3.05, 3.63) is 94.0 Å². The second-order valence-corrected chi connectivity index (χ2v) is 13.5. The molecule has 2 fully saturated rings. The molecule has 272 valence electrons. The smallest absolute Gasteiger partial charge is 0.416 e. The van der Waals surface area contributed by atoms with E-state index in [2.05, 4.69) is 15.1 Å².